The summed E-state index contributed by atoms with van der Waals surface area (Å²) in [5.41, 5.74) is 0.959. The Bertz CT molecular complexity index is 641. The van der Waals surface area contributed by atoms with Gasteiger partial charge in [0.1, 0.15) is 17.1 Å². The second-order valence-electron chi connectivity index (χ2n) is 3.98. The third-order valence-corrected chi connectivity index (χ3v) is 3.28. The molecule has 0 radical (unpaired) electrons. The number of aryl methyl sites for hydroxylation is 1. The molecule has 0 fully saturated rings. The number of carboxylic acid groups (broad SMARTS) is 1. The third kappa shape index (κ3) is 3.28. The monoisotopic (exact) mass is 340 g/mol. The fourth-order valence-corrected chi connectivity index (χ4v) is 2.07. The van der Waals surface area contributed by atoms with E-state index in [1.165, 1.54) is 0 Å². The van der Waals surface area contributed by atoms with Crippen LogP contribution >= 0.6 is 27.5 Å². The van der Waals surface area contributed by atoms with Crippen LogP contribution in [0.25, 0.3) is 0 Å². The van der Waals surface area contributed by atoms with Gasteiger partial charge in [-0.1, -0.05) is 39.2 Å². The molecule has 98 valence electrons. The first-order chi connectivity index (χ1) is 8.97. The van der Waals surface area contributed by atoms with Crippen LogP contribution in [0.1, 0.15) is 15.9 Å². The Morgan fingerprint density at radius 1 is 1.21 bits per heavy atom. The Morgan fingerprint density at radius 3 is 2.63 bits per heavy atom. The quantitative estimate of drug-likeness (QED) is 0.863. The third-order valence-electron chi connectivity index (χ3n) is 2.48. The minimum absolute atomic E-state index is 0.107. The first-order valence-electron chi connectivity index (χ1n) is 5.44. The lowest BCUT2D eigenvalue weighted by molar-refractivity contribution is 0.0694. The zero-order chi connectivity index (χ0) is 14.0. The molecule has 19 heavy (non-hydrogen) atoms. The summed E-state index contributed by atoms with van der Waals surface area (Å²) in [5, 5.41) is 9.59. The molecule has 2 aromatic carbocycles. The molecule has 0 unspecified atom stereocenters. The van der Waals surface area contributed by atoms with Crippen molar-refractivity contribution in [3.05, 3.63) is 57.0 Å². The largest absolute Gasteiger partial charge is 0.478 e. The number of aromatic carboxylic acids is 1. The van der Waals surface area contributed by atoms with Crippen LogP contribution in [0.15, 0.2) is 40.9 Å². The summed E-state index contributed by atoms with van der Waals surface area (Å²) >= 11 is 9.33. The highest BCUT2D eigenvalue weighted by atomic mass is 79.9. The summed E-state index contributed by atoms with van der Waals surface area (Å²) in [4.78, 5) is 11.2. The molecular weight excluding hydrogens is 332 g/mol. The maximum absolute atomic E-state index is 11.2. The van der Waals surface area contributed by atoms with Gasteiger partial charge in [0.2, 0.25) is 0 Å². The van der Waals surface area contributed by atoms with Crippen molar-refractivity contribution in [1.82, 2.24) is 0 Å². The van der Waals surface area contributed by atoms with Gasteiger partial charge < -0.3 is 9.84 Å². The predicted octanol–water partition coefficient (Wildman–Crippen LogP) is 4.90. The molecule has 0 aliphatic rings. The molecule has 0 saturated carbocycles. The van der Waals surface area contributed by atoms with Gasteiger partial charge in [-0.25, -0.2) is 4.79 Å². The molecular formula is C14H10BrClO3. The zero-order valence-electron chi connectivity index (χ0n) is 9.98. The Balaban J connectivity index is 2.43. The van der Waals surface area contributed by atoms with Crippen molar-refractivity contribution in [1.29, 1.82) is 0 Å². The van der Waals surface area contributed by atoms with Gasteiger partial charge in [-0.2, -0.15) is 0 Å². The summed E-state index contributed by atoms with van der Waals surface area (Å²) in [6, 6.07) is 10.1. The summed E-state index contributed by atoms with van der Waals surface area (Å²) in [6.45, 7) is 1.82. The molecule has 0 aliphatic carbocycles. The second kappa shape index (κ2) is 5.63. The molecule has 1 N–H and O–H groups in total. The summed E-state index contributed by atoms with van der Waals surface area (Å²) in [7, 11) is 0. The number of ether oxygens (including phenoxy) is 1. The number of benzene rings is 2. The Hall–Kier alpha value is -1.52. The van der Waals surface area contributed by atoms with Gasteiger partial charge in [0, 0.05) is 4.47 Å². The van der Waals surface area contributed by atoms with Crippen molar-refractivity contribution in [2.75, 3.05) is 0 Å². The number of hydrogen-bond acceptors (Lipinski definition) is 2. The number of hydrogen-bond donors (Lipinski definition) is 1. The first-order valence-corrected chi connectivity index (χ1v) is 6.61. The number of carboxylic acids is 1. The fourth-order valence-electron chi connectivity index (χ4n) is 1.57. The number of halogens is 2. The van der Waals surface area contributed by atoms with E-state index in [0.29, 0.717) is 10.8 Å². The van der Waals surface area contributed by atoms with Crippen LogP contribution < -0.4 is 4.74 Å². The Kier molecular flexibility index (Phi) is 4.12. The molecule has 0 bridgehead atoms. The van der Waals surface area contributed by atoms with Crippen LogP contribution in [0.4, 0.5) is 0 Å². The molecule has 3 nitrogen and oxygen atoms in total. The summed E-state index contributed by atoms with van der Waals surface area (Å²) < 4.78 is 6.40. The van der Waals surface area contributed by atoms with Crippen molar-refractivity contribution < 1.29 is 14.6 Å². The molecule has 5 heteroatoms. The first kappa shape index (κ1) is 13.9. The lowest BCUT2D eigenvalue weighted by Gasteiger charge is -2.11. The average Bonchev–Trinajstić information content (AvgIpc) is 2.35. The van der Waals surface area contributed by atoms with Crippen molar-refractivity contribution in [2.45, 2.75) is 6.92 Å². The van der Waals surface area contributed by atoms with Gasteiger partial charge in [0.15, 0.2) is 0 Å². The van der Waals surface area contributed by atoms with Gasteiger partial charge in [0.25, 0.3) is 0 Å². The van der Waals surface area contributed by atoms with E-state index in [0.717, 1.165) is 10.0 Å². The van der Waals surface area contributed by atoms with Crippen LogP contribution in [0.3, 0.4) is 0 Å². The standard InChI is InChI=1S/C14H10BrClO3/c1-8-2-5-12(10(6-8)14(17)18)19-13-7-9(15)3-4-11(13)16/h2-7H,1H3,(H,17,18). The van der Waals surface area contributed by atoms with Gasteiger partial charge in [-0.05, 0) is 37.3 Å². The maximum atomic E-state index is 11.2. The summed E-state index contributed by atoms with van der Waals surface area (Å²) in [5.74, 6) is -0.370. The van der Waals surface area contributed by atoms with Gasteiger partial charge in [-0.3, -0.25) is 0 Å². The average molecular weight is 342 g/mol. The van der Waals surface area contributed by atoms with Crippen LogP contribution in [-0.4, -0.2) is 11.1 Å². The molecule has 2 aromatic rings. The zero-order valence-corrected chi connectivity index (χ0v) is 12.3. The fraction of sp³-hybridized carbons (Fsp3) is 0.0714. The van der Waals surface area contributed by atoms with Crippen molar-refractivity contribution in [3.8, 4) is 11.5 Å². The van der Waals surface area contributed by atoms with Gasteiger partial charge in [-0.15, -0.1) is 0 Å². The van der Waals surface area contributed by atoms with Gasteiger partial charge in [0.05, 0.1) is 5.02 Å². The smallest absolute Gasteiger partial charge is 0.339 e. The van der Waals surface area contributed by atoms with Gasteiger partial charge >= 0.3 is 5.97 Å². The van der Waals surface area contributed by atoms with Crippen molar-refractivity contribution in [2.24, 2.45) is 0 Å². The minimum atomic E-state index is -1.04. The maximum Gasteiger partial charge on any atom is 0.339 e. The van der Waals surface area contributed by atoms with E-state index in [2.05, 4.69) is 15.9 Å². The van der Waals surface area contributed by atoms with E-state index >= 15 is 0 Å². The molecule has 0 atom stereocenters. The topological polar surface area (TPSA) is 46.5 Å². The molecule has 0 saturated heterocycles. The van der Waals surface area contributed by atoms with Crippen LogP contribution in [0, 0.1) is 6.92 Å². The van der Waals surface area contributed by atoms with E-state index in [9.17, 15) is 4.79 Å². The highest BCUT2D eigenvalue weighted by Gasteiger charge is 2.13. The van der Waals surface area contributed by atoms with E-state index in [1.54, 1.807) is 36.4 Å². The van der Waals surface area contributed by atoms with E-state index in [4.69, 9.17) is 21.4 Å². The molecule has 0 aliphatic heterocycles. The molecule has 2 rings (SSSR count). The van der Waals surface area contributed by atoms with E-state index < -0.39 is 5.97 Å². The van der Waals surface area contributed by atoms with Crippen LogP contribution in [0.5, 0.6) is 11.5 Å². The molecule has 0 heterocycles. The van der Waals surface area contributed by atoms with E-state index in [1.807, 2.05) is 6.92 Å². The second-order valence-corrected chi connectivity index (χ2v) is 5.30. The highest BCUT2D eigenvalue weighted by Crippen LogP contribution is 2.33. The Labute approximate surface area is 123 Å². The van der Waals surface area contributed by atoms with Crippen molar-refractivity contribution in [3.63, 3.8) is 0 Å². The lowest BCUT2D eigenvalue weighted by atomic mass is 10.1. The summed E-state index contributed by atoms with van der Waals surface area (Å²) in [6.07, 6.45) is 0. The molecule has 0 amide bonds. The number of rotatable bonds is 3. The highest BCUT2D eigenvalue weighted by molar-refractivity contribution is 9.10. The van der Waals surface area contributed by atoms with Crippen LogP contribution in [0.2, 0.25) is 5.02 Å². The minimum Gasteiger partial charge on any atom is -0.478 e. The van der Waals surface area contributed by atoms with E-state index in [-0.39, 0.29) is 11.3 Å². The Morgan fingerprint density at radius 2 is 1.95 bits per heavy atom. The molecule has 0 spiro atoms. The van der Waals surface area contributed by atoms with Crippen molar-refractivity contribution >= 4 is 33.5 Å². The lowest BCUT2D eigenvalue weighted by Crippen LogP contribution is -2.00. The van der Waals surface area contributed by atoms with Crippen LogP contribution in [-0.2, 0) is 0 Å². The normalized spacial score (nSPS) is 10.3. The SMILES string of the molecule is Cc1ccc(Oc2cc(Br)ccc2Cl)c(C(=O)O)c1. The molecule has 0 aromatic heterocycles. The number of carbonyl (C=O) groups is 1. The predicted molar refractivity (Wildman–Crippen MR) is 77.4 cm³/mol.